The standard InChI is InChI=1S/C14H18N6O5S/c1-7-11(8(2)25-18-7)26(23,24)15-6-5-9-16-10-12(17-9)19(3)14(22)20(4)13(10)21/h15H,5-6H2,1-4H3,(H,16,17). The predicted molar refractivity (Wildman–Crippen MR) is 91.4 cm³/mol. The van der Waals surface area contributed by atoms with E-state index in [-0.39, 0.29) is 40.5 Å². The summed E-state index contributed by atoms with van der Waals surface area (Å²) in [6.07, 6.45) is 0.203. The SMILES string of the molecule is Cc1noc(C)c1S(=O)(=O)NCCc1nc2c([nH]1)c(=O)n(C)c(=O)n2C. The summed E-state index contributed by atoms with van der Waals surface area (Å²) in [4.78, 5) is 31.1. The Morgan fingerprint density at radius 1 is 1.19 bits per heavy atom. The van der Waals surface area contributed by atoms with Gasteiger partial charge in [-0.3, -0.25) is 13.9 Å². The number of sulfonamides is 1. The first-order valence-electron chi connectivity index (χ1n) is 7.70. The highest BCUT2D eigenvalue weighted by Crippen LogP contribution is 2.18. The van der Waals surface area contributed by atoms with E-state index < -0.39 is 21.3 Å². The van der Waals surface area contributed by atoms with Crippen LogP contribution in [0, 0.1) is 13.8 Å². The number of fused-ring (bicyclic) bond motifs is 1. The predicted octanol–water partition coefficient (Wildman–Crippen LogP) is -0.914. The third kappa shape index (κ3) is 2.86. The van der Waals surface area contributed by atoms with E-state index in [1.165, 1.54) is 25.6 Å². The number of aromatic nitrogens is 5. The van der Waals surface area contributed by atoms with Crippen LogP contribution < -0.4 is 16.0 Å². The van der Waals surface area contributed by atoms with Crippen molar-refractivity contribution in [3.05, 3.63) is 38.1 Å². The summed E-state index contributed by atoms with van der Waals surface area (Å²) in [5, 5.41) is 3.63. The lowest BCUT2D eigenvalue weighted by Crippen LogP contribution is -2.36. The van der Waals surface area contributed by atoms with Gasteiger partial charge in [-0.05, 0) is 13.8 Å². The molecule has 0 bridgehead atoms. The van der Waals surface area contributed by atoms with Gasteiger partial charge in [0.1, 0.15) is 21.9 Å². The lowest BCUT2D eigenvalue weighted by Gasteiger charge is -2.04. The van der Waals surface area contributed by atoms with Gasteiger partial charge in [0, 0.05) is 27.1 Å². The van der Waals surface area contributed by atoms with Crippen LogP contribution in [0.1, 0.15) is 17.3 Å². The maximum absolute atomic E-state index is 12.4. The van der Waals surface area contributed by atoms with Gasteiger partial charge in [-0.1, -0.05) is 5.16 Å². The second kappa shape index (κ2) is 6.21. The molecule has 0 saturated carbocycles. The number of hydrogen-bond acceptors (Lipinski definition) is 7. The molecule has 0 amide bonds. The Morgan fingerprint density at radius 3 is 2.50 bits per heavy atom. The second-order valence-electron chi connectivity index (χ2n) is 5.89. The van der Waals surface area contributed by atoms with E-state index in [4.69, 9.17) is 4.52 Å². The van der Waals surface area contributed by atoms with Crippen molar-refractivity contribution in [2.75, 3.05) is 6.54 Å². The van der Waals surface area contributed by atoms with Gasteiger partial charge in [-0.25, -0.2) is 22.9 Å². The normalized spacial score (nSPS) is 12.2. The molecule has 0 radical (unpaired) electrons. The number of rotatable bonds is 5. The third-order valence-corrected chi connectivity index (χ3v) is 5.74. The van der Waals surface area contributed by atoms with Gasteiger partial charge in [0.15, 0.2) is 11.4 Å². The minimum Gasteiger partial charge on any atom is -0.360 e. The van der Waals surface area contributed by atoms with Crippen molar-refractivity contribution in [1.82, 2.24) is 29.0 Å². The fraction of sp³-hybridized carbons (Fsp3) is 0.429. The van der Waals surface area contributed by atoms with Crippen LogP contribution in [-0.4, -0.2) is 39.2 Å². The lowest BCUT2D eigenvalue weighted by atomic mass is 10.4. The monoisotopic (exact) mass is 382 g/mol. The van der Waals surface area contributed by atoms with Crippen molar-refractivity contribution in [1.29, 1.82) is 0 Å². The zero-order valence-corrected chi connectivity index (χ0v) is 15.5. The summed E-state index contributed by atoms with van der Waals surface area (Å²) in [6.45, 7) is 3.10. The molecule has 3 aromatic heterocycles. The molecule has 0 aliphatic rings. The molecule has 0 saturated heterocycles. The zero-order chi connectivity index (χ0) is 19.2. The number of imidazole rings is 1. The van der Waals surface area contributed by atoms with Gasteiger partial charge in [-0.15, -0.1) is 0 Å². The molecule has 26 heavy (non-hydrogen) atoms. The van der Waals surface area contributed by atoms with Crippen LogP contribution in [0.5, 0.6) is 0 Å². The first kappa shape index (κ1) is 18.1. The molecule has 0 aromatic carbocycles. The van der Waals surface area contributed by atoms with Gasteiger partial charge >= 0.3 is 5.69 Å². The molecule has 12 heteroatoms. The molecule has 0 fully saturated rings. The Balaban J connectivity index is 1.83. The average molecular weight is 382 g/mol. The van der Waals surface area contributed by atoms with Crippen LogP contribution in [0.2, 0.25) is 0 Å². The number of aromatic amines is 1. The van der Waals surface area contributed by atoms with Crippen molar-refractivity contribution < 1.29 is 12.9 Å². The summed E-state index contributed by atoms with van der Waals surface area (Å²) in [6, 6.07) is 0. The molecule has 0 aliphatic carbocycles. The van der Waals surface area contributed by atoms with E-state index in [0.717, 1.165) is 4.57 Å². The quantitative estimate of drug-likeness (QED) is 0.581. The zero-order valence-electron chi connectivity index (χ0n) is 14.7. The van der Waals surface area contributed by atoms with Crippen LogP contribution >= 0.6 is 0 Å². The van der Waals surface area contributed by atoms with Gasteiger partial charge in [0.2, 0.25) is 10.0 Å². The Morgan fingerprint density at radius 2 is 1.88 bits per heavy atom. The van der Waals surface area contributed by atoms with Crippen molar-refractivity contribution in [3.8, 4) is 0 Å². The summed E-state index contributed by atoms with van der Waals surface area (Å²) in [5.41, 5.74) is -0.282. The van der Waals surface area contributed by atoms with Crippen LogP contribution in [0.25, 0.3) is 11.2 Å². The number of H-pyrrole nitrogens is 1. The summed E-state index contributed by atoms with van der Waals surface area (Å²) in [7, 11) is -0.891. The number of nitrogens with zero attached hydrogens (tertiary/aromatic N) is 4. The summed E-state index contributed by atoms with van der Waals surface area (Å²) in [5.74, 6) is 0.594. The van der Waals surface area contributed by atoms with Crippen LogP contribution in [-0.2, 0) is 30.5 Å². The number of hydrogen-bond donors (Lipinski definition) is 2. The Hall–Kier alpha value is -2.73. The second-order valence-corrected chi connectivity index (χ2v) is 7.59. The molecule has 140 valence electrons. The van der Waals surface area contributed by atoms with E-state index in [2.05, 4.69) is 19.8 Å². The van der Waals surface area contributed by atoms with Crippen molar-refractivity contribution >= 4 is 21.2 Å². The molecular weight excluding hydrogens is 364 g/mol. The molecule has 3 rings (SSSR count). The van der Waals surface area contributed by atoms with Gasteiger partial charge in [0.25, 0.3) is 5.56 Å². The minimum absolute atomic E-state index is 0.0124. The van der Waals surface area contributed by atoms with Crippen LogP contribution in [0.3, 0.4) is 0 Å². The molecule has 3 aromatic rings. The fourth-order valence-electron chi connectivity index (χ4n) is 2.73. The largest absolute Gasteiger partial charge is 0.360 e. The van der Waals surface area contributed by atoms with Crippen LogP contribution in [0.4, 0.5) is 0 Å². The highest BCUT2D eigenvalue weighted by atomic mass is 32.2. The van der Waals surface area contributed by atoms with Gasteiger partial charge in [0.05, 0.1) is 0 Å². The molecule has 0 aliphatic heterocycles. The van der Waals surface area contributed by atoms with E-state index in [0.29, 0.717) is 5.82 Å². The Kier molecular flexibility index (Phi) is 4.32. The summed E-state index contributed by atoms with van der Waals surface area (Å²) < 4.78 is 34.3. The first-order chi connectivity index (χ1) is 12.1. The third-order valence-electron chi connectivity index (χ3n) is 4.03. The molecule has 0 atom stereocenters. The van der Waals surface area contributed by atoms with Gasteiger partial charge < -0.3 is 9.51 Å². The fourth-order valence-corrected chi connectivity index (χ4v) is 4.08. The smallest absolute Gasteiger partial charge is 0.332 e. The topological polar surface area (TPSA) is 145 Å². The van der Waals surface area contributed by atoms with Crippen molar-refractivity contribution in [2.24, 2.45) is 14.1 Å². The van der Waals surface area contributed by atoms with E-state index in [9.17, 15) is 18.0 Å². The van der Waals surface area contributed by atoms with E-state index in [1.54, 1.807) is 6.92 Å². The number of nitrogens with one attached hydrogen (secondary N) is 2. The number of aryl methyl sites for hydroxylation is 3. The summed E-state index contributed by atoms with van der Waals surface area (Å²) >= 11 is 0. The van der Waals surface area contributed by atoms with E-state index >= 15 is 0 Å². The average Bonchev–Trinajstić information content (AvgIpc) is 3.14. The Bertz CT molecular complexity index is 1190. The first-order valence-corrected chi connectivity index (χ1v) is 9.19. The minimum atomic E-state index is -3.78. The van der Waals surface area contributed by atoms with E-state index in [1.807, 2.05) is 0 Å². The molecule has 3 heterocycles. The lowest BCUT2D eigenvalue weighted by molar-refractivity contribution is 0.390. The van der Waals surface area contributed by atoms with Crippen LogP contribution in [0.15, 0.2) is 19.0 Å². The Labute approximate surface area is 147 Å². The van der Waals surface area contributed by atoms with Crippen molar-refractivity contribution in [2.45, 2.75) is 25.2 Å². The molecule has 0 unspecified atom stereocenters. The molecule has 2 N–H and O–H groups in total. The van der Waals surface area contributed by atoms with Crippen molar-refractivity contribution in [3.63, 3.8) is 0 Å². The van der Waals surface area contributed by atoms with Gasteiger partial charge in [-0.2, -0.15) is 0 Å². The highest BCUT2D eigenvalue weighted by molar-refractivity contribution is 7.89. The molecular formula is C14H18N6O5S. The highest BCUT2D eigenvalue weighted by Gasteiger charge is 2.23. The molecule has 0 spiro atoms. The molecule has 11 nitrogen and oxygen atoms in total. The maximum atomic E-state index is 12.4. The maximum Gasteiger partial charge on any atom is 0.332 e.